The number of carbonyl (C=O) groups is 2. The van der Waals surface area contributed by atoms with Crippen LogP contribution in [0.4, 0.5) is 0 Å². The number of allylic oxidation sites excluding steroid dienone is 1. The predicted octanol–water partition coefficient (Wildman–Crippen LogP) is 1.41. The van der Waals surface area contributed by atoms with Gasteiger partial charge in [-0.15, -0.1) is 0 Å². The smallest absolute Gasteiger partial charge is 0.330 e. The van der Waals surface area contributed by atoms with Gasteiger partial charge in [0.05, 0.1) is 6.61 Å². The molecule has 1 aliphatic carbocycles. The second-order valence-electron chi connectivity index (χ2n) is 4.68. The molecule has 0 heterocycles. The molecule has 0 spiro atoms. The second-order valence-corrected chi connectivity index (χ2v) is 4.68. The molecule has 96 valence electrons. The Kier molecular flexibility index (Phi) is 5.35. The van der Waals surface area contributed by atoms with E-state index in [1.54, 1.807) is 13.0 Å². The van der Waals surface area contributed by atoms with Gasteiger partial charge in [0.25, 0.3) is 0 Å². The van der Waals surface area contributed by atoms with E-state index in [1.165, 1.54) is 0 Å². The van der Waals surface area contributed by atoms with Crippen molar-refractivity contribution < 1.29 is 14.3 Å². The molecule has 0 bridgehead atoms. The molecule has 4 heteroatoms. The Morgan fingerprint density at radius 3 is 2.76 bits per heavy atom. The molecule has 1 saturated carbocycles. The Bertz CT molecular complexity index is 321. The summed E-state index contributed by atoms with van der Waals surface area (Å²) in [5.41, 5.74) is 1.04. The van der Waals surface area contributed by atoms with Crippen molar-refractivity contribution in [2.45, 2.75) is 26.2 Å². The van der Waals surface area contributed by atoms with Gasteiger partial charge >= 0.3 is 5.97 Å². The largest absolute Gasteiger partial charge is 0.463 e. The van der Waals surface area contributed by atoms with Gasteiger partial charge in [0.1, 0.15) is 5.78 Å². The van der Waals surface area contributed by atoms with Crippen molar-refractivity contribution in [2.24, 2.45) is 5.92 Å². The minimum Gasteiger partial charge on any atom is -0.463 e. The van der Waals surface area contributed by atoms with Gasteiger partial charge in [-0.05, 0) is 33.9 Å². The minimum atomic E-state index is -0.291. The fourth-order valence-corrected chi connectivity index (χ4v) is 2.11. The summed E-state index contributed by atoms with van der Waals surface area (Å²) >= 11 is 0. The highest BCUT2D eigenvalue weighted by Crippen LogP contribution is 2.26. The number of Topliss-reactive ketones (excluding diaryl/α,β-unsaturated/α-hetero) is 1. The van der Waals surface area contributed by atoms with Gasteiger partial charge in [-0.3, -0.25) is 4.79 Å². The Balaban J connectivity index is 2.60. The highest BCUT2D eigenvalue weighted by molar-refractivity contribution is 5.86. The fourth-order valence-electron chi connectivity index (χ4n) is 2.11. The number of ether oxygens (including phenoxy) is 1. The average molecular weight is 239 g/mol. The number of nitrogens with zero attached hydrogens (tertiary/aromatic N) is 1. The van der Waals surface area contributed by atoms with Crippen molar-refractivity contribution in [3.05, 3.63) is 11.6 Å². The Morgan fingerprint density at radius 1 is 1.47 bits per heavy atom. The second kappa shape index (κ2) is 6.55. The molecule has 1 fully saturated rings. The van der Waals surface area contributed by atoms with Crippen LogP contribution >= 0.6 is 0 Å². The van der Waals surface area contributed by atoms with Crippen LogP contribution < -0.4 is 0 Å². The van der Waals surface area contributed by atoms with Crippen LogP contribution in [0.5, 0.6) is 0 Å². The summed E-state index contributed by atoms with van der Waals surface area (Å²) in [6, 6.07) is 0. The Morgan fingerprint density at radius 2 is 2.18 bits per heavy atom. The lowest BCUT2D eigenvalue weighted by atomic mass is 9.84. The topological polar surface area (TPSA) is 46.6 Å². The van der Waals surface area contributed by atoms with E-state index < -0.39 is 0 Å². The summed E-state index contributed by atoms with van der Waals surface area (Å²) in [4.78, 5) is 25.1. The standard InChI is InChI=1S/C13H21NO3/c1-4-17-13(16)8-10-5-6-12(15)11(7-10)9-14(2)3/h8,11H,4-7,9H2,1-3H3/b10-8+. The third-order valence-corrected chi connectivity index (χ3v) is 2.85. The monoisotopic (exact) mass is 239 g/mol. The summed E-state index contributed by atoms with van der Waals surface area (Å²) in [5, 5.41) is 0. The summed E-state index contributed by atoms with van der Waals surface area (Å²) in [7, 11) is 3.91. The average Bonchev–Trinajstić information content (AvgIpc) is 2.22. The normalized spacial score (nSPS) is 23.2. The van der Waals surface area contributed by atoms with Gasteiger partial charge in [0, 0.05) is 25.0 Å². The molecule has 0 saturated heterocycles. The number of hydrogen-bond donors (Lipinski definition) is 0. The van der Waals surface area contributed by atoms with E-state index in [0.29, 0.717) is 31.7 Å². The molecule has 0 aromatic rings. The van der Waals surface area contributed by atoms with Gasteiger partial charge in [-0.1, -0.05) is 5.57 Å². The molecule has 0 aromatic heterocycles. The summed E-state index contributed by atoms with van der Waals surface area (Å²) in [6.07, 6.45) is 3.49. The lowest BCUT2D eigenvalue weighted by molar-refractivity contribution is -0.137. The van der Waals surface area contributed by atoms with Crippen molar-refractivity contribution in [1.29, 1.82) is 0 Å². The molecule has 0 radical (unpaired) electrons. The SMILES string of the molecule is CCOC(=O)/C=C1\CCC(=O)C(CN(C)C)C1. The van der Waals surface area contributed by atoms with Crippen molar-refractivity contribution in [3.63, 3.8) is 0 Å². The first-order valence-electron chi connectivity index (χ1n) is 6.06. The van der Waals surface area contributed by atoms with Crippen LogP contribution in [-0.2, 0) is 14.3 Å². The van der Waals surface area contributed by atoms with E-state index in [-0.39, 0.29) is 11.9 Å². The molecule has 1 unspecified atom stereocenters. The molecule has 1 aliphatic rings. The van der Waals surface area contributed by atoms with Gasteiger partial charge in [0.2, 0.25) is 0 Å². The number of rotatable bonds is 4. The van der Waals surface area contributed by atoms with E-state index in [2.05, 4.69) is 0 Å². The van der Waals surface area contributed by atoms with Crippen LogP contribution in [0, 0.1) is 5.92 Å². The Hall–Kier alpha value is -1.16. The number of carbonyl (C=O) groups excluding carboxylic acids is 2. The van der Waals surface area contributed by atoms with Gasteiger partial charge < -0.3 is 9.64 Å². The van der Waals surface area contributed by atoms with Crippen LogP contribution in [0.15, 0.2) is 11.6 Å². The maximum Gasteiger partial charge on any atom is 0.330 e. The number of ketones is 1. The van der Waals surface area contributed by atoms with Gasteiger partial charge in [0.15, 0.2) is 0 Å². The molecule has 0 aromatic carbocycles. The van der Waals surface area contributed by atoms with Gasteiger partial charge in [-0.2, -0.15) is 0 Å². The molecule has 4 nitrogen and oxygen atoms in total. The first-order chi connectivity index (χ1) is 8.02. The molecule has 17 heavy (non-hydrogen) atoms. The van der Waals surface area contributed by atoms with Crippen LogP contribution in [0.2, 0.25) is 0 Å². The van der Waals surface area contributed by atoms with Crippen molar-refractivity contribution >= 4 is 11.8 Å². The van der Waals surface area contributed by atoms with E-state index in [9.17, 15) is 9.59 Å². The minimum absolute atomic E-state index is 0.0272. The maximum atomic E-state index is 11.7. The highest BCUT2D eigenvalue weighted by Gasteiger charge is 2.25. The fraction of sp³-hybridized carbons (Fsp3) is 0.692. The van der Waals surface area contributed by atoms with Crippen LogP contribution in [0.25, 0.3) is 0 Å². The van der Waals surface area contributed by atoms with Crippen molar-refractivity contribution in [1.82, 2.24) is 4.90 Å². The molecule has 1 rings (SSSR count). The summed E-state index contributed by atoms with van der Waals surface area (Å²) in [6.45, 7) is 2.93. The number of hydrogen-bond acceptors (Lipinski definition) is 4. The van der Waals surface area contributed by atoms with Gasteiger partial charge in [-0.25, -0.2) is 4.79 Å². The van der Waals surface area contributed by atoms with Crippen LogP contribution in [0.1, 0.15) is 26.2 Å². The summed E-state index contributed by atoms with van der Waals surface area (Å²) < 4.78 is 4.88. The molecular formula is C13H21NO3. The number of esters is 1. The van der Waals surface area contributed by atoms with Crippen LogP contribution in [0.3, 0.4) is 0 Å². The lowest BCUT2D eigenvalue weighted by Gasteiger charge is -2.25. The zero-order valence-corrected chi connectivity index (χ0v) is 10.9. The molecule has 0 amide bonds. The molecule has 0 N–H and O–H groups in total. The highest BCUT2D eigenvalue weighted by atomic mass is 16.5. The van der Waals surface area contributed by atoms with Crippen molar-refractivity contribution in [2.75, 3.05) is 27.2 Å². The van der Waals surface area contributed by atoms with E-state index in [4.69, 9.17) is 4.74 Å². The lowest BCUT2D eigenvalue weighted by Crippen LogP contribution is -2.31. The molecular weight excluding hydrogens is 218 g/mol. The molecule has 0 aliphatic heterocycles. The van der Waals surface area contributed by atoms with Crippen LogP contribution in [-0.4, -0.2) is 43.9 Å². The van der Waals surface area contributed by atoms with Crippen molar-refractivity contribution in [3.8, 4) is 0 Å². The van der Waals surface area contributed by atoms with E-state index in [0.717, 1.165) is 12.1 Å². The Labute approximate surface area is 103 Å². The first kappa shape index (κ1) is 13.9. The maximum absolute atomic E-state index is 11.7. The zero-order valence-electron chi connectivity index (χ0n) is 10.9. The summed E-state index contributed by atoms with van der Waals surface area (Å²) in [5.74, 6) is 0.0413. The van der Waals surface area contributed by atoms with E-state index in [1.807, 2.05) is 19.0 Å². The third-order valence-electron chi connectivity index (χ3n) is 2.85. The zero-order chi connectivity index (χ0) is 12.8. The first-order valence-corrected chi connectivity index (χ1v) is 6.06. The predicted molar refractivity (Wildman–Crippen MR) is 65.6 cm³/mol. The quantitative estimate of drug-likeness (QED) is 0.549. The molecule has 1 atom stereocenters. The van der Waals surface area contributed by atoms with E-state index >= 15 is 0 Å². The third kappa shape index (κ3) is 4.69.